The molecular formula is C21H25N3. The van der Waals surface area contributed by atoms with Gasteiger partial charge in [0.1, 0.15) is 5.82 Å². The minimum absolute atomic E-state index is 0.570. The Hall–Kier alpha value is -2.13. The number of imidazole rings is 1. The first-order valence-electron chi connectivity index (χ1n) is 9.01. The van der Waals surface area contributed by atoms with E-state index in [1.165, 1.54) is 37.3 Å². The van der Waals surface area contributed by atoms with Gasteiger partial charge in [0.05, 0.1) is 11.0 Å². The number of hydrogen-bond acceptors (Lipinski definition) is 2. The van der Waals surface area contributed by atoms with Crippen molar-refractivity contribution in [3.63, 3.8) is 0 Å². The molecule has 3 nitrogen and oxygen atoms in total. The van der Waals surface area contributed by atoms with Crippen molar-refractivity contribution in [1.82, 2.24) is 14.9 Å². The molecule has 1 aromatic heterocycles. The van der Waals surface area contributed by atoms with Gasteiger partial charge in [0.2, 0.25) is 0 Å². The van der Waals surface area contributed by atoms with E-state index in [0.29, 0.717) is 11.8 Å². The Kier molecular flexibility index (Phi) is 4.35. The molecule has 2 aromatic carbocycles. The molecule has 24 heavy (non-hydrogen) atoms. The summed E-state index contributed by atoms with van der Waals surface area (Å²) in [7, 11) is 0. The summed E-state index contributed by atoms with van der Waals surface area (Å²) in [6.45, 7) is 5.81. The first kappa shape index (κ1) is 15.4. The molecule has 0 radical (unpaired) electrons. The number of benzene rings is 2. The molecule has 1 atom stereocenters. The topological polar surface area (TPSA) is 31.9 Å². The summed E-state index contributed by atoms with van der Waals surface area (Å²) in [5, 5.41) is 0. The third-order valence-corrected chi connectivity index (χ3v) is 5.28. The number of para-hydroxylation sites is 2. The Morgan fingerprint density at radius 3 is 2.50 bits per heavy atom. The molecule has 3 heteroatoms. The minimum Gasteiger partial charge on any atom is -0.342 e. The number of H-pyrrole nitrogens is 1. The Labute approximate surface area is 143 Å². The lowest BCUT2D eigenvalue weighted by molar-refractivity contribution is 0.201. The summed E-state index contributed by atoms with van der Waals surface area (Å²) in [5.41, 5.74) is 3.69. The smallest absolute Gasteiger partial charge is 0.110 e. The van der Waals surface area contributed by atoms with Crippen LogP contribution < -0.4 is 0 Å². The lowest BCUT2D eigenvalue weighted by atomic mass is 9.94. The van der Waals surface area contributed by atoms with Crippen LogP contribution in [-0.2, 0) is 0 Å². The van der Waals surface area contributed by atoms with E-state index in [0.717, 1.165) is 17.6 Å². The zero-order valence-corrected chi connectivity index (χ0v) is 14.3. The van der Waals surface area contributed by atoms with Crippen LogP contribution in [0.2, 0.25) is 0 Å². The van der Waals surface area contributed by atoms with E-state index in [9.17, 15) is 0 Å². The number of likely N-dealkylation sites (tertiary alicyclic amines) is 1. The molecule has 124 valence electrons. The van der Waals surface area contributed by atoms with Crippen LogP contribution in [0.4, 0.5) is 0 Å². The average Bonchev–Trinajstić information content (AvgIpc) is 3.07. The van der Waals surface area contributed by atoms with E-state index in [4.69, 9.17) is 4.98 Å². The van der Waals surface area contributed by atoms with Crippen LogP contribution in [0, 0.1) is 0 Å². The van der Waals surface area contributed by atoms with Gasteiger partial charge in [0.25, 0.3) is 0 Å². The van der Waals surface area contributed by atoms with Gasteiger partial charge in [-0.25, -0.2) is 4.98 Å². The number of rotatable bonds is 4. The summed E-state index contributed by atoms with van der Waals surface area (Å²) < 4.78 is 0. The number of aromatic amines is 1. The summed E-state index contributed by atoms with van der Waals surface area (Å²) in [5.74, 6) is 2.33. The highest BCUT2D eigenvalue weighted by Gasteiger charge is 2.24. The molecule has 0 amide bonds. The van der Waals surface area contributed by atoms with Crippen molar-refractivity contribution in [3.05, 3.63) is 66.0 Å². The maximum atomic E-state index is 4.80. The second-order valence-corrected chi connectivity index (χ2v) is 7.03. The Morgan fingerprint density at radius 1 is 1.04 bits per heavy atom. The molecule has 1 unspecified atom stereocenters. The highest BCUT2D eigenvalue weighted by molar-refractivity contribution is 5.74. The largest absolute Gasteiger partial charge is 0.342 e. The van der Waals surface area contributed by atoms with Crippen molar-refractivity contribution < 1.29 is 0 Å². The van der Waals surface area contributed by atoms with Gasteiger partial charge in [0.15, 0.2) is 0 Å². The molecule has 3 aromatic rings. The highest BCUT2D eigenvalue weighted by Crippen LogP contribution is 2.28. The van der Waals surface area contributed by atoms with Gasteiger partial charge in [-0.1, -0.05) is 49.4 Å². The molecule has 0 aliphatic carbocycles. The Bertz CT molecular complexity index is 752. The van der Waals surface area contributed by atoms with Crippen LogP contribution in [0.3, 0.4) is 0 Å². The zero-order chi connectivity index (χ0) is 16.4. The zero-order valence-electron chi connectivity index (χ0n) is 14.3. The van der Waals surface area contributed by atoms with Crippen molar-refractivity contribution in [2.75, 3.05) is 19.6 Å². The first-order valence-corrected chi connectivity index (χ1v) is 9.01. The fraction of sp³-hybridized carbons (Fsp3) is 0.381. The van der Waals surface area contributed by atoms with E-state index in [2.05, 4.69) is 71.4 Å². The summed E-state index contributed by atoms with van der Waals surface area (Å²) in [6.07, 6.45) is 2.39. The van der Waals surface area contributed by atoms with Gasteiger partial charge in [-0.15, -0.1) is 0 Å². The summed E-state index contributed by atoms with van der Waals surface area (Å²) in [6, 6.07) is 19.2. The predicted molar refractivity (Wildman–Crippen MR) is 99.4 cm³/mol. The van der Waals surface area contributed by atoms with Gasteiger partial charge in [0, 0.05) is 12.5 Å². The number of hydrogen-bond donors (Lipinski definition) is 1. The van der Waals surface area contributed by atoms with E-state index in [-0.39, 0.29) is 0 Å². The molecule has 1 fully saturated rings. The Morgan fingerprint density at radius 2 is 1.75 bits per heavy atom. The predicted octanol–water partition coefficient (Wildman–Crippen LogP) is 4.55. The normalized spacial score (nSPS) is 18.0. The highest BCUT2D eigenvalue weighted by atomic mass is 15.1. The third-order valence-electron chi connectivity index (χ3n) is 5.28. The number of fused-ring (bicyclic) bond motifs is 1. The molecule has 0 bridgehead atoms. The second kappa shape index (κ2) is 6.78. The van der Waals surface area contributed by atoms with Crippen LogP contribution in [0.25, 0.3) is 11.0 Å². The van der Waals surface area contributed by atoms with Gasteiger partial charge >= 0.3 is 0 Å². The lowest BCUT2D eigenvalue weighted by Crippen LogP contribution is -2.35. The van der Waals surface area contributed by atoms with Crippen molar-refractivity contribution in [1.29, 1.82) is 0 Å². The molecule has 1 aliphatic rings. The second-order valence-electron chi connectivity index (χ2n) is 7.03. The number of aromatic nitrogens is 2. The monoisotopic (exact) mass is 319 g/mol. The van der Waals surface area contributed by atoms with E-state index in [1.807, 2.05) is 0 Å². The van der Waals surface area contributed by atoms with Gasteiger partial charge in [-0.3, -0.25) is 0 Å². The van der Waals surface area contributed by atoms with Gasteiger partial charge in [-0.05, 0) is 49.5 Å². The molecule has 1 aliphatic heterocycles. The number of nitrogens with zero attached hydrogens (tertiary/aromatic N) is 2. The van der Waals surface area contributed by atoms with Gasteiger partial charge in [-0.2, -0.15) is 0 Å². The number of nitrogens with one attached hydrogen (secondary N) is 1. The molecule has 0 saturated carbocycles. The van der Waals surface area contributed by atoms with E-state index >= 15 is 0 Å². The van der Waals surface area contributed by atoms with Crippen LogP contribution >= 0.6 is 0 Å². The maximum Gasteiger partial charge on any atom is 0.110 e. The van der Waals surface area contributed by atoms with Crippen LogP contribution in [-0.4, -0.2) is 34.5 Å². The molecule has 2 heterocycles. The fourth-order valence-corrected chi connectivity index (χ4v) is 3.83. The maximum absolute atomic E-state index is 4.80. The molecular weight excluding hydrogens is 294 g/mol. The average molecular weight is 319 g/mol. The molecule has 0 spiro atoms. The summed E-state index contributed by atoms with van der Waals surface area (Å²) >= 11 is 0. The van der Waals surface area contributed by atoms with Crippen molar-refractivity contribution in [2.45, 2.75) is 31.6 Å². The van der Waals surface area contributed by atoms with Crippen molar-refractivity contribution in [3.8, 4) is 0 Å². The molecule has 4 rings (SSSR count). The fourth-order valence-electron chi connectivity index (χ4n) is 3.83. The van der Waals surface area contributed by atoms with Crippen LogP contribution in [0.15, 0.2) is 54.6 Å². The van der Waals surface area contributed by atoms with Gasteiger partial charge < -0.3 is 9.88 Å². The van der Waals surface area contributed by atoms with E-state index in [1.54, 1.807) is 0 Å². The standard InChI is InChI=1S/C21H25N3/c1-16(17-7-3-2-4-8-17)15-24-13-11-18(12-14-24)21-22-19-9-5-6-10-20(19)23-21/h2-10,16,18H,11-15H2,1H3,(H,22,23). The Balaban J connectivity index is 1.36. The first-order chi connectivity index (χ1) is 11.8. The van der Waals surface area contributed by atoms with Crippen molar-refractivity contribution >= 4 is 11.0 Å². The van der Waals surface area contributed by atoms with Crippen LogP contribution in [0.5, 0.6) is 0 Å². The van der Waals surface area contributed by atoms with Crippen LogP contribution in [0.1, 0.15) is 43.0 Å². The summed E-state index contributed by atoms with van der Waals surface area (Å²) in [4.78, 5) is 10.9. The minimum atomic E-state index is 0.570. The molecule has 1 saturated heterocycles. The van der Waals surface area contributed by atoms with Crippen molar-refractivity contribution in [2.24, 2.45) is 0 Å². The van der Waals surface area contributed by atoms with E-state index < -0.39 is 0 Å². The quantitative estimate of drug-likeness (QED) is 0.765. The third kappa shape index (κ3) is 3.22. The lowest BCUT2D eigenvalue weighted by Gasteiger charge is -2.33. The number of piperidine rings is 1. The molecule has 1 N–H and O–H groups in total. The SMILES string of the molecule is CC(CN1CCC(c2nc3ccccc3[nH]2)CC1)c1ccccc1.